The van der Waals surface area contributed by atoms with Gasteiger partial charge < -0.3 is 4.74 Å². The molecule has 0 radical (unpaired) electrons. The van der Waals surface area contributed by atoms with E-state index in [0.717, 1.165) is 16.4 Å². The van der Waals surface area contributed by atoms with Gasteiger partial charge in [0.1, 0.15) is 11.1 Å². The molecule has 20 heavy (non-hydrogen) atoms. The molecule has 0 aliphatic carbocycles. The maximum atomic E-state index is 12.1. The number of hydrogen-bond donors (Lipinski definition) is 1. The quantitative estimate of drug-likeness (QED) is 0.937. The molecule has 0 aliphatic heterocycles. The average Bonchev–Trinajstić information content (AvgIpc) is 2.85. The van der Waals surface area contributed by atoms with Crippen LogP contribution in [0.4, 0.5) is 5.13 Å². The van der Waals surface area contributed by atoms with E-state index in [-0.39, 0.29) is 12.0 Å². The molecular weight excluding hydrogens is 276 g/mol. The highest BCUT2D eigenvalue weighted by molar-refractivity contribution is 7.15. The SMILES string of the molecule is COC(C)c1nnc(NC(=O)c2cc(C)nc(C)c2)s1. The van der Waals surface area contributed by atoms with Crippen LogP contribution in [0.5, 0.6) is 0 Å². The number of nitrogens with zero attached hydrogens (tertiary/aromatic N) is 3. The van der Waals surface area contributed by atoms with Crippen LogP contribution < -0.4 is 5.32 Å². The average molecular weight is 292 g/mol. The Kier molecular flexibility index (Phi) is 4.41. The van der Waals surface area contributed by atoms with Crippen LogP contribution in [0.15, 0.2) is 12.1 Å². The second-order valence-electron chi connectivity index (χ2n) is 4.42. The van der Waals surface area contributed by atoms with E-state index in [0.29, 0.717) is 10.7 Å². The van der Waals surface area contributed by atoms with Crippen molar-refractivity contribution in [3.05, 3.63) is 34.1 Å². The van der Waals surface area contributed by atoms with Crippen molar-refractivity contribution in [1.82, 2.24) is 15.2 Å². The topological polar surface area (TPSA) is 77.0 Å². The minimum atomic E-state index is -0.216. The molecule has 0 saturated carbocycles. The summed E-state index contributed by atoms with van der Waals surface area (Å²) in [6, 6.07) is 3.48. The lowest BCUT2D eigenvalue weighted by Gasteiger charge is -2.04. The molecule has 2 aromatic heterocycles. The number of nitrogens with one attached hydrogen (secondary N) is 1. The van der Waals surface area contributed by atoms with E-state index in [9.17, 15) is 4.79 Å². The number of aromatic nitrogens is 3. The zero-order valence-corrected chi connectivity index (χ0v) is 12.6. The van der Waals surface area contributed by atoms with Gasteiger partial charge in [-0.05, 0) is 32.9 Å². The number of carbonyl (C=O) groups excluding carboxylic acids is 1. The van der Waals surface area contributed by atoms with Crippen molar-refractivity contribution in [2.24, 2.45) is 0 Å². The van der Waals surface area contributed by atoms with Gasteiger partial charge in [0.25, 0.3) is 5.91 Å². The summed E-state index contributed by atoms with van der Waals surface area (Å²) in [5.74, 6) is -0.216. The van der Waals surface area contributed by atoms with Crippen molar-refractivity contribution >= 4 is 22.4 Å². The standard InChI is InChI=1S/C13H16N4O2S/c1-7-5-10(6-8(2)14-7)11(18)15-13-17-16-12(20-13)9(3)19-4/h5-6,9H,1-4H3,(H,15,17,18). The van der Waals surface area contributed by atoms with Gasteiger partial charge in [0, 0.05) is 24.1 Å². The molecule has 1 atom stereocenters. The molecule has 0 fully saturated rings. The second-order valence-corrected chi connectivity index (χ2v) is 5.43. The molecule has 0 saturated heterocycles. The third-order valence-electron chi connectivity index (χ3n) is 2.71. The van der Waals surface area contributed by atoms with Crippen LogP contribution >= 0.6 is 11.3 Å². The molecule has 6 nitrogen and oxygen atoms in total. The fraction of sp³-hybridized carbons (Fsp3) is 0.385. The van der Waals surface area contributed by atoms with E-state index in [1.54, 1.807) is 19.2 Å². The molecular formula is C13H16N4O2S. The zero-order valence-electron chi connectivity index (χ0n) is 11.8. The molecule has 0 bridgehead atoms. The minimum Gasteiger partial charge on any atom is -0.374 e. The van der Waals surface area contributed by atoms with Gasteiger partial charge in [0.05, 0.1) is 0 Å². The van der Waals surface area contributed by atoms with Crippen molar-refractivity contribution in [2.45, 2.75) is 26.9 Å². The number of aryl methyl sites for hydroxylation is 2. The maximum absolute atomic E-state index is 12.1. The van der Waals surface area contributed by atoms with Gasteiger partial charge in [-0.2, -0.15) is 0 Å². The monoisotopic (exact) mass is 292 g/mol. The zero-order chi connectivity index (χ0) is 14.7. The Hall–Kier alpha value is -1.86. The van der Waals surface area contributed by atoms with Crippen LogP contribution in [-0.4, -0.2) is 28.2 Å². The van der Waals surface area contributed by atoms with Gasteiger partial charge in [-0.3, -0.25) is 15.1 Å². The number of pyridine rings is 1. The fourth-order valence-corrected chi connectivity index (χ4v) is 2.45. The van der Waals surface area contributed by atoms with Gasteiger partial charge in [-0.1, -0.05) is 11.3 Å². The van der Waals surface area contributed by atoms with E-state index in [2.05, 4.69) is 20.5 Å². The Labute approximate surface area is 121 Å². The largest absolute Gasteiger partial charge is 0.374 e. The van der Waals surface area contributed by atoms with Crippen LogP contribution in [0.25, 0.3) is 0 Å². The van der Waals surface area contributed by atoms with Crippen molar-refractivity contribution in [3.63, 3.8) is 0 Å². The predicted octanol–water partition coefficient (Wildman–Crippen LogP) is 2.51. The van der Waals surface area contributed by atoms with Gasteiger partial charge >= 0.3 is 0 Å². The van der Waals surface area contributed by atoms with E-state index in [1.807, 2.05) is 20.8 Å². The van der Waals surface area contributed by atoms with Gasteiger partial charge in [-0.15, -0.1) is 10.2 Å². The molecule has 1 amide bonds. The molecule has 0 aliphatic rings. The Morgan fingerprint density at radius 2 is 1.95 bits per heavy atom. The summed E-state index contributed by atoms with van der Waals surface area (Å²) in [4.78, 5) is 16.4. The predicted molar refractivity (Wildman–Crippen MR) is 77.0 cm³/mol. The van der Waals surface area contributed by atoms with Crippen molar-refractivity contribution in [2.75, 3.05) is 12.4 Å². The Morgan fingerprint density at radius 3 is 2.55 bits per heavy atom. The number of carbonyl (C=O) groups is 1. The number of ether oxygens (including phenoxy) is 1. The molecule has 1 unspecified atom stereocenters. The first-order chi connectivity index (χ1) is 9.49. The van der Waals surface area contributed by atoms with Crippen molar-refractivity contribution < 1.29 is 9.53 Å². The van der Waals surface area contributed by atoms with Gasteiger partial charge in [-0.25, -0.2) is 0 Å². The third-order valence-corrected chi connectivity index (χ3v) is 3.71. The normalized spacial score (nSPS) is 12.2. The van der Waals surface area contributed by atoms with E-state index in [1.165, 1.54) is 11.3 Å². The number of anilines is 1. The van der Waals surface area contributed by atoms with Crippen LogP contribution in [0.1, 0.15) is 39.8 Å². The summed E-state index contributed by atoms with van der Waals surface area (Å²) >= 11 is 1.30. The minimum absolute atomic E-state index is 0.136. The van der Waals surface area contributed by atoms with Crippen LogP contribution in [0.3, 0.4) is 0 Å². The summed E-state index contributed by atoms with van der Waals surface area (Å²) in [7, 11) is 1.60. The second kappa shape index (κ2) is 6.06. The summed E-state index contributed by atoms with van der Waals surface area (Å²) in [5.41, 5.74) is 2.17. The number of hydrogen-bond acceptors (Lipinski definition) is 6. The molecule has 7 heteroatoms. The van der Waals surface area contributed by atoms with E-state index >= 15 is 0 Å². The third kappa shape index (κ3) is 3.37. The van der Waals surface area contributed by atoms with Crippen LogP contribution in [-0.2, 0) is 4.74 Å². The summed E-state index contributed by atoms with van der Waals surface area (Å²) in [5, 5.41) is 11.8. The highest BCUT2D eigenvalue weighted by Crippen LogP contribution is 2.23. The van der Waals surface area contributed by atoms with E-state index < -0.39 is 0 Å². The molecule has 0 spiro atoms. The van der Waals surface area contributed by atoms with Crippen LogP contribution in [0, 0.1) is 13.8 Å². The van der Waals surface area contributed by atoms with Gasteiger partial charge in [0.15, 0.2) is 0 Å². The first kappa shape index (κ1) is 14.5. The number of amides is 1. The van der Waals surface area contributed by atoms with Crippen molar-refractivity contribution in [1.29, 1.82) is 0 Å². The van der Waals surface area contributed by atoms with Crippen LogP contribution in [0.2, 0.25) is 0 Å². The first-order valence-corrected chi connectivity index (χ1v) is 6.94. The smallest absolute Gasteiger partial charge is 0.257 e. The summed E-state index contributed by atoms with van der Waals surface area (Å²) in [6.45, 7) is 5.59. The molecule has 0 aromatic carbocycles. The maximum Gasteiger partial charge on any atom is 0.257 e. The molecule has 1 N–H and O–H groups in total. The molecule has 2 aromatic rings. The Balaban J connectivity index is 2.13. The lowest BCUT2D eigenvalue weighted by molar-refractivity contribution is 0.102. The first-order valence-electron chi connectivity index (χ1n) is 6.12. The highest BCUT2D eigenvalue weighted by Gasteiger charge is 2.14. The van der Waals surface area contributed by atoms with Gasteiger partial charge in [0.2, 0.25) is 5.13 Å². The lowest BCUT2D eigenvalue weighted by Crippen LogP contribution is -2.12. The summed E-state index contributed by atoms with van der Waals surface area (Å²) < 4.78 is 5.16. The Morgan fingerprint density at radius 1 is 1.30 bits per heavy atom. The highest BCUT2D eigenvalue weighted by atomic mass is 32.1. The van der Waals surface area contributed by atoms with E-state index in [4.69, 9.17) is 4.74 Å². The molecule has 2 rings (SSSR count). The summed E-state index contributed by atoms with van der Waals surface area (Å²) in [6.07, 6.45) is -0.136. The van der Waals surface area contributed by atoms with Crippen molar-refractivity contribution in [3.8, 4) is 0 Å². The molecule has 106 valence electrons. The fourth-order valence-electron chi connectivity index (χ4n) is 1.69. The number of rotatable bonds is 4. The molecule has 2 heterocycles. The number of methoxy groups -OCH3 is 1. The lowest BCUT2D eigenvalue weighted by atomic mass is 10.2. The Bertz CT molecular complexity index is 606.